The van der Waals surface area contributed by atoms with Gasteiger partial charge in [-0.15, -0.1) is 0 Å². The number of nitrogens with one attached hydrogen (secondary N) is 1. The van der Waals surface area contributed by atoms with E-state index < -0.39 is 0 Å². The van der Waals surface area contributed by atoms with Crippen molar-refractivity contribution in [3.05, 3.63) is 42.3 Å². The number of para-hydroxylation sites is 1. The van der Waals surface area contributed by atoms with Crippen LogP contribution in [0.3, 0.4) is 0 Å². The molecule has 0 bridgehead atoms. The smallest absolute Gasteiger partial charge is 0.198 e. The Hall–Kier alpha value is -3.20. The number of hydrogen-bond acceptors (Lipinski definition) is 8. The first-order valence-electron chi connectivity index (χ1n) is 8.49. The number of aromatic nitrogens is 4. The van der Waals surface area contributed by atoms with E-state index in [0.717, 1.165) is 5.76 Å². The number of nitrogens with zero attached hydrogens (tertiary/aromatic N) is 4. The first kappa shape index (κ1) is 18.2. The summed E-state index contributed by atoms with van der Waals surface area (Å²) in [4.78, 5) is 13.8. The quantitative estimate of drug-likeness (QED) is 0.487. The van der Waals surface area contributed by atoms with Gasteiger partial charge in [-0.25, -0.2) is 15.0 Å². The van der Waals surface area contributed by atoms with E-state index in [0.29, 0.717) is 45.9 Å². The number of rotatable bonds is 6. The summed E-state index contributed by atoms with van der Waals surface area (Å²) in [5.41, 5.74) is 1.73. The Balaban J connectivity index is 2.09. The largest absolute Gasteiger partial charge is 0.494 e. The minimum atomic E-state index is 0.490. The SMILES string of the molecule is COc1cccc(OC)c1-n1c(-c2ccc(C)o2)nc2ncc(NSC)nc21. The minimum Gasteiger partial charge on any atom is -0.494 e. The normalized spacial score (nSPS) is 11.0. The van der Waals surface area contributed by atoms with E-state index in [-0.39, 0.29) is 0 Å². The number of methoxy groups -OCH3 is 2. The van der Waals surface area contributed by atoms with Crippen molar-refractivity contribution in [3.63, 3.8) is 0 Å². The first-order chi connectivity index (χ1) is 13.7. The first-order valence-corrected chi connectivity index (χ1v) is 9.71. The molecule has 144 valence electrons. The van der Waals surface area contributed by atoms with Gasteiger partial charge in [-0.1, -0.05) is 18.0 Å². The maximum Gasteiger partial charge on any atom is 0.198 e. The molecule has 0 saturated carbocycles. The van der Waals surface area contributed by atoms with Crippen molar-refractivity contribution < 1.29 is 13.9 Å². The van der Waals surface area contributed by atoms with Crippen molar-refractivity contribution in [2.45, 2.75) is 6.92 Å². The predicted molar refractivity (Wildman–Crippen MR) is 109 cm³/mol. The fraction of sp³-hybridized carbons (Fsp3) is 0.211. The van der Waals surface area contributed by atoms with Crippen molar-refractivity contribution in [1.82, 2.24) is 19.5 Å². The third-order valence-corrected chi connectivity index (χ3v) is 4.58. The van der Waals surface area contributed by atoms with Crippen LogP contribution in [0.25, 0.3) is 28.6 Å². The van der Waals surface area contributed by atoms with E-state index >= 15 is 0 Å². The van der Waals surface area contributed by atoms with Crippen LogP contribution >= 0.6 is 11.9 Å². The molecule has 3 aromatic heterocycles. The Kier molecular flexibility index (Phi) is 4.82. The molecule has 0 spiro atoms. The van der Waals surface area contributed by atoms with Crippen molar-refractivity contribution in [3.8, 4) is 28.8 Å². The summed E-state index contributed by atoms with van der Waals surface area (Å²) in [5, 5.41) is 0. The van der Waals surface area contributed by atoms with Crippen molar-refractivity contribution in [2.24, 2.45) is 0 Å². The van der Waals surface area contributed by atoms with Gasteiger partial charge in [-0.05, 0) is 31.2 Å². The van der Waals surface area contributed by atoms with E-state index in [1.54, 1.807) is 20.4 Å². The number of hydrogen-bond donors (Lipinski definition) is 1. The monoisotopic (exact) mass is 397 g/mol. The Morgan fingerprint density at radius 2 is 1.82 bits per heavy atom. The summed E-state index contributed by atoms with van der Waals surface area (Å²) in [7, 11) is 3.22. The third-order valence-electron chi connectivity index (χ3n) is 4.16. The average Bonchev–Trinajstić information content (AvgIpc) is 3.30. The van der Waals surface area contributed by atoms with Gasteiger partial charge in [0, 0.05) is 6.26 Å². The molecule has 0 atom stereocenters. The Bertz CT molecular complexity index is 1120. The van der Waals surface area contributed by atoms with E-state index in [4.69, 9.17) is 18.9 Å². The van der Waals surface area contributed by atoms with Crippen LogP contribution in [0.1, 0.15) is 5.76 Å². The standard InChI is InChI=1S/C19H19N5O3S/c1-11-8-9-14(27-11)18-22-17-19(21-15(10-20-17)23-28-4)24(18)16-12(25-2)6-5-7-13(16)26-3/h5-10H,1-4H3,(H,21,23). The van der Waals surface area contributed by atoms with Gasteiger partial charge in [0.1, 0.15) is 22.9 Å². The number of ether oxygens (including phenoxy) is 2. The van der Waals surface area contributed by atoms with E-state index in [2.05, 4.69) is 14.7 Å². The summed E-state index contributed by atoms with van der Waals surface area (Å²) in [6, 6.07) is 9.34. The lowest BCUT2D eigenvalue weighted by atomic mass is 10.2. The van der Waals surface area contributed by atoms with Crippen LogP contribution in [0.2, 0.25) is 0 Å². The number of benzene rings is 1. The molecule has 28 heavy (non-hydrogen) atoms. The molecular formula is C19H19N5O3S. The van der Waals surface area contributed by atoms with Gasteiger partial charge in [0.25, 0.3) is 0 Å². The lowest BCUT2D eigenvalue weighted by Crippen LogP contribution is -2.04. The Morgan fingerprint density at radius 3 is 2.43 bits per heavy atom. The summed E-state index contributed by atoms with van der Waals surface area (Å²) < 4.78 is 22.0. The van der Waals surface area contributed by atoms with Gasteiger partial charge >= 0.3 is 0 Å². The van der Waals surface area contributed by atoms with Crippen LogP contribution < -0.4 is 14.2 Å². The second-order valence-electron chi connectivity index (χ2n) is 5.90. The summed E-state index contributed by atoms with van der Waals surface area (Å²) >= 11 is 1.44. The van der Waals surface area contributed by atoms with Gasteiger partial charge in [0.2, 0.25) is 0 Å². The molecule has 0 fully saturated rings. The molecule has 0 aliphatic rings. The minimum absolute atomic E-state index is 0.490. The fourth-order valence-corrected chi connectivity index (χ4v) is 3.30. The molecule has 4 rings (SSSR count). The number of anilines is 1. The zero-order chi connectivity index (χ0) is 19.7. The van der Waals surface area contributed by atoms with Crippen LogP contribution in [-0.4, -0.2) is 40.0 Å². The zero-order valence-corrected chi connectivity index (χ0v) is 16.7. The molecule has 1 N–H and O–H groups in total. The summed E-state index contributed by atoms with van der Waals surface area (Å²) in [6.07, 6.45) is 3.57. The van der Waals surface area contributed by atoms with E-state index in [9.17, 15) is 0 Å². The van der Waals surface area contributed by atoms with Gasteiger partial charge in [0.15, 0.2) is 28.7 Å². The number of fused-ring (bicyclic) bond motifs is 1. The second-order valence-corrected chi connectivity index (χ2v) is 6.51. The molecule has 0 saturated heterocycles. The van der Waals surface area contributed by atoms with Crippen LogP contribution in [0.4, 0.5) is 5.82 Å². The summed E-state index contributed by atoms with van der Waals surface area (Å²) in [5.74, 6) is 3.81. The highest BCUT2D eigenvalue weighted by atomic mass is 32.2. The maximum atomic E-state index is 5.85. The molecule has 3 heterocycles. The number of furan rings is 1. The van der Waals surface area contributed by atoms with Crippen molar-refractivity contribution in [2.75, 3.05) is 25.2 Å². The Labute approximate surface area is 166 Å². The molecule has 4 aromatic rings. The van der Waals surface area contributed by atoms with Crippen molar-refractivity contribution >= 4 is 29.1 Å². The average molecular weight is 397 g/mol. The van der Waals surface area contributed by atoms with Gasteiger partial charge in [-0.3, -0.25) is 4.57 Å². The molecule has 9 heteroatoms. The van der Waals surface area contributed by atoms with Gasteiger partial charge < -0.3 is 18.6 Å². The molecule has 0 aliphatic heterocycles. The molecule has 0 aliphatic carbocycles. The topological polar surface area (TPSA) is 87.2 Å². The highest BCUT2D eigenvalue weighted by molar-refractivity contribution is 7.99. The van der Waals surface area contributed by atoms with E-state index in [1.807, 2.05) is 48.1 Å². The van der Waals surface area contributed by atoms with Crippen LogP contribution in [0, 0.1) is 6.92 Å². The highest BCUT2D eigenvalue weighted by Gasteiger charge is 2.24. The molecule has 0 radical (unpaired) electrons. The van der Waals surface area contributed by atoms with Gasteiger partial charge in [0.05, 0.1) is 20.4 Å². The van der Waals surface area contributed by atoms with Crippen LogP contribution in [0.5, 0.6) is 11.5 Å². The van der Waals surface area contributed by atoms with Crippen LogP contribution in [-0.2, 0) is 0 Å². The second kappa shape index (κ2) is 7.43. The molecular weight excluding hydrogens is 378 g/mol. The van der Waals surface area contributed by atoms with Gasteiger partial charge in [-0.2, -0.15) is 0 Å². The number of aryl methyl sites for hydroxylation is 1. The van der Waals surface area contributed by atoms with Crippen LogP contribution in [0.15, 0.2) is 40.9 Å². The molecule has 0 unspecified atom stereocenters. The maximum absolute atomic E-state index is 5.85. The highest BCUT2D eigenvalue weighted by Crippen LogP contribution is 2.38. The fourth-order valence-electron chi connectivity index (χ4n) is 2.99. The summed E-state index contributed by atoms with van der Waals surface area (Å²) in [6.45, 7) is 1.89. The molecule has 0 amide bonds. The third kappa shape index (κ3) is 3.03. The predicted octanol–water partition coefficient (Wildman–Crippen LogP) is 4.09. The lowest BCUT2D eigenvalue weighted by molar-refractivity contribution is 0.391. The van der Waals surface area contributed by atoms with Crippen molar-refractivity contribution in [1.29, 1.82) is 0 Å². The number of imidazole rings is 1. The molecule has 8 nitrogen and oxygen atoms in total. The van der Waals surface area contributed by atoms with E-state index in [1.165, 1.54) is 11.9 Å². The zero-order valence-electron chi connectivity index (χ0n) is 15.9. The lowest BCUT2D eigenvalue weighted by Gasteiger charge is -2.15. The Morgan fingerprint density at radius 1 is 1.07 bits per heavy atom. The molecule has 1 aromatic carbocycles.